The second kappa shape index (κ2) is 6.88. The van der Waals surface area contributed by atoms with Crippen LogP contribution in [0.5, 0.6) is 0 Å². The third-order valence-corrected chi connectivity index (χ3v) is 4.46. The van der Waals surface area contributed by atoms with E-state index in [1.54, 1.807) is 0 Å². The number of rotatable bonds is 4. The van der Waals surface area contributed by atoms with Gasteiger partial charge in [-0.25, -0.2) is 0 Å². The minimum Gasteiger partial charge on any atom is -0.375 e. The quantitative estimate of drug-likeness (QED) is 0.837. The monoisotopic (exact) mass is 255 g/mol. The molecule has 0 bridgehead atoms. The predicted octanol–water partition coefficient (Wildman–Crippen LogP) is 2.45. The van der Waals surface area contributed by atoms with E-state index in [1.165, 1.54) is 19.3 Å². The highest BCUT2D eigenvalue weighted by atomic mass is 16.5. The molecule has 1 saturated heterocycles. The maximum Gasteiger partial charge on any atom is 0.0933 e. The Kier molecular flexibility index (Phi) is 5.46. The average molecular weight is 255 g/mol. The molecule has 0 spiro atoms. The van der Waals surface area contributed by atoms with Gasteiger partial charge in [0.1, 0.15) is 0 Å². The summed E-state index contributed by atoms with van der Waals surface area (Å²) in [6, 6.07) is 0. The third kappa shape index (κ3) is 3.94. The number of hydrogen-bond donors (Lipinski definition) is 1. The smallest absolute Gasteiger partial charge is 0.0933 e. The van der Waals surface area contributed by atoms with Crippen molar-refractivity contribution in [2.24, 2.45) is 17.8 Å². The van der Waals surface area contributed by atoms with Crippen LogP contribution in [0.3, 0.4) is 0 Å². The van der Waals surface area contributed by atoms with Crippen molar-refractivity contribution in [3.8, 4) is 0 Å². The van der Waals surface area contributed by atoms with Crippen LogP contribution < -0.4 is 5.32 Å². The lowest BCUT2D eigenvalue weighted by molar-refractivity contribution is -0.0916. The van der Waals surface area contributed by atoms with Crippen LogP contribution >= 0.6 is 0 Å². The summed E-state index contributed by atoms with van der Waals surface area (Å²) in [5.41, 5.74) is 0. The lowest BCUT2D eigenvalue weighted by atomic mass is 9.75. The summed E-state index contributed by atoms with van der Waals surface area (Å²) >= 11 is 0. The summed E-state index contributed by atoms with van der Waals surface area (Å²) in [4.78, 5) is 0. The fraction of sp³-hybridized carbons (Fsp3) is 1.00. The Balaban J connectivity index is 1.80. The Hall–Kier alpha value is -0.120. The predicted molar refractivity (Wildman–Crippen MR) is 73.7 cm³/mol. The molecule has 1 aliphatic carbocycles. The van der Waals surface area contributed by atoms with E-state index in [9.17, 15) is 0 Å². The minimum absolute atomic E-state index is 0.254. The number of nitrogens with one attached hydrogen (secondary N) is 1. The lowest BCUT2D eigenvalue weighted by Gasteiger charge is -2.38. The highest BCUT2D eigenvalue weighted by Gasteiger charge is 2.32. The van der Waals surface area contributed by atoms with Gasteiger partial charge in [-0.2, -0.15) is 0 Å². The van der Waals surface area contributed by atoms with Crippen LogP contribution in [0, 0.1) is 17.8 Å². The fourth-order valence-electron chi connectivity index (χ4n) is 3.26. The molecule has 106 valence electrons. The molecule has 0 amide bonds. The van der Waals surface area contributed by atoms with Crippen molar-refractivity contribution in [2.45, 2.75) is 52.2 Å². The van der Waals surface area contributed by atoms with E-state index in [4.69, 9.17) is 9.47 Å². The van der Waals surface area contributed by atoms with Gasteiger partial charge in [0.2, 0.25) is 0 Å². The fourth-order valence-corrected chi connectivity index (χ4v) is 3.26. The van der Waals surface area contributed by atoms with Crippen molar-refractivity contribution in [1.29, 1.82) is 0 Å². The summed E-state index contributed by atoms with van der Waals surface area (Å²) in [5, 5.41) is 3.36. The molecule has 0 aromatic rings. The maximum absolute atomic E-state index is 6.20. The highest BCUT2D eigenvalue weighted by molar-refractivity contribution is 4.82. The molecular weight excluding hydrogens is 226 g/mol. The molecular formula is C15H29NO2. The van der Waals surface area contributed by atoms with Crippen molar-refractivity contribution >= 4 is 0 Å². The van der Waals surface area contributed by atoms with E-state index in [1.807, 2.05) is 0 Å². The molecule has 2 fully saturated rings. The van der Waals surface area contributed by atoms with Crippen molar-refractivity contribution < 1.29 is 9.47 Å². The zero-order valence-corrected chi connectivity index (χ0v) is 12.2. The van der Waals surface area contributed by atoms with Crippen LogP contribution in [0.2, 0.25) is 0 Å². The molecule has 18 heavy (non-hydrogen) atoms. The average Bonchev–Trinajstić information content (AvgIpc) is 2.37. The maximum atomic E-state index is 6.20. The lowest BCUT2D eigenvalue weighted by Crippen LogP contribution is -2.43. The van der Waals surface area contributed by atoms with Gasteiger partial charge in [0.15, 0.2) is 0 Å². The number of morpholine rings is 1. The Bertz CT molecular complexity index is 239. The van der Waals surface area contributed by atoms with E-state index in [2.05, 4.69) is 26.1 Å². The Morgan fingerprint density at radius 2 is 2.17 bits per heavy atom. The molecule has 0 aromatic heterocycles. The molecule has 2 aliphatic rings. The molecule has 4 atom stereocenters. The molecule has 1 N–H and O–H groups in total. The van der Waals surface area contributed by atoms with Gasteiger partial charge >= 0.3 is 0 Å². The Labute approximate surface area is 112 Å². The van der Waals surface area contributed by atoms with Crippen LogP contribution in [0.25, 0.3) is 0 Å². The van der Waals surface area contributed by atoms with E-state index in [0.29, 0.717) is 6.10 Å². The van der Waals surface area contributed by atoms with Gasteiger partial charge in [-0.1, -0.05) is 27.2 Å². The van der Waals surface area contributed by atoms with E-state index in [-0.39, 0.29) is 6.10 Å². The molecule has 1 heterocycles. The first-order valence-corrected chi connectivity index (χ1v) is 7.60. The molecule has 3 heteroatoms. The van der Waals surface area contributed by atoms with Crippen LogP contribution in [-0.2, 0) is 9.47 Å². The largest absolute Gasteiger partial charge is 0.375 e. The molecule has 0 radical (unpaired) electrons. The molecule has 1 saturated carbocycles. The van der Waals surface area contributed by atoms with E-state index < -0.39 is 0 Å². The second-order valence-corrected chi connectivity index (χ2v) is 6.39. The third-order valence-electron chi connectivity index (χ3n) is 4.46. The summed E-state index contributed by atoms with van der Waals surface area (Å²) < 4.78 is 11.9. The van der Waals surface area contributed by atoms with E-state index in [0.717, 1.165) is 44.1 Å². The topological polar surface area (TPSA) is 30.5 Å². The van der Waals surface area contributed by atoms with Gasteiger partial charge in [-0.05, 0) is 30.6 Å². The van der Waals surface area contributed by atoms with Gasteiger partial charge in [-0.15, -0.1) is 0 Å². The van der Waals surface area contributed by atoms with Crippen LogP contribution in [0.4, 0.5) is 0 Å². The van der Waals surface area contributed by atoms with Crippen molar-refractivity contribution in [2.75, 3.05) is 26.3 Å². The van der Waals surface area contributed by atoms with Crippen molar-refractivity contribution in [3.05, 3.63) is 0 Å². The molecule has 4 unspecified atom stereocenters. The summed E-state index contributed by atoms with van der Waals surface area (Å²) in [6.07, 6.45) is 4.61. The first kappa shape index (κ1) is 14.3. The summed E-state index contributed by atoms with van der Waals surface area (Å²) in [5.74, 6) is 2.28. The van der Waals surface area contributed by atoms with Gasteiger partial charge in [-0.3, -0.25) is 0 Å². The molecule has 0 aromatic carbocycles. The van der Waals surface area contributed by atoms with Crippen molar-refractivity contribution in [1.82, 2.24) is 5.32 Å². The first-order chi connectivity index (χ1) is 8.66. The standard InChI is InChI=1S/C15H29NO2/c1-11(2)14-5-4-12(3)8-15(14)18-10-13-9-16-6-7-17-13/h11-16H,4-10H2,1-3H3. The van der Waals surface area contributed by atoms with Crippen LogP contribution in [0.15, 0.2) is 0 Å². The zero-order valence-electron chi connectivity index (χ0n) is 12.2. The van der Waals surface area contributed by atoms with Crippen LogP contribution in [-0.4, -0.2) is 38.5 Å². The van der Waals surface area contributed by atoms with Crippen molar-refractivity contribution in [3.63, 3.8) is 0 Å². The van der Waals surface area contributed by atoms with Gasteiger partial charge < -0.3 is 14.8 Å². The molecule has 3 nitrogen and oxygen atoms in total. The highest BCUT2D eigenvalue weighted by Crippen LogP contribution is 2.35. The zero-order chi connectivity index (χ0) is 13.0. The minimum atomic E-state index is 0.254. The van der Waals surface area contributed by atoms with Gasteiger partial charge in [0, 0.05) is 13.1 Å². The van der Waals surface area contributed by atoms with Crippen LogP contribution in [0.1, 0.15) is 40.0 Å². The number of ether oxygens (including phenoxy) is 2. The first-order valence-electron chi connectivity index (χ1n) is 7.60. The molecule has 1 aliphatic heterocycles. The van der Waals surface area contributed by atoms with Gasteiger partial charge in [0.05, 0.1) is 25.4 Å². The second-order valence-electron chi connectivity index (χ2n) is 6.39. The normalized spacial score (nSPS) is 38.0. The summed E-state index contributed by atoms with van der Waals surface area (Å²) in [6.45, 7) is 10.5. The molecule has 2 rings (SSSR count). The van der Waals surface area contributed by atoms with E-state index >= 15 is 0 Å². The van der Waals surface area contributed by atoms with Gasteiger partial charge in [0.25, 0.3) is 0 Å². The number of hydrogen-bond acceptors (Lipinski definition) is 3. The Morgan fingerprint density at radius 3 is 2.83 bits per heavy atom. The summed E-state index contributed by atoms with van der Waals surface area (Å²) in [7, 11) is 0. The SMILES string of the molecule is CC1CCC(C(C)C)C(OCC2CNCCO2)C1. The Morgan fingerprint density at radius 1 is 1.33 bits per heavy atom.